The van der Waals surface area contributed by atoms with Crippen molar-refractivity contribution in [1.29, 1.82) is 5.26 Å². The molecule has 1 aliphatic carbocycles. The van der Waals surface area contributed by atoms with E-state index in [1.807, 2.05) is 25.1 Å². The van der Waals surface area contributed by atoms with Crippen molar-refractivity contribution in [3.63, 3.8) is 0 Å². The van der Waals surface area contributed by atoms with E-state index in [2.05, 4.69) is 17.1 Å². The van der Waals surface area contributed by atoms with Crippen molar-refractivity contribution in [3.05, 3.63) is 45.7 Å². The Morgan fingerprint density at radius 3 is 2.83 bits per heavy atom. The van der Waals surface area contributed by atoms with E-state index in [-0.39, 0.29) is 11.0 Å². The zero-order valence-corrected chi connectivity index (χ0v) is 10.3. The molecule has 1 heterocycles. The second kappa shape index (κ2) is 3.71. The molecule has 0 amide bonds. The average Bonchev–Trinajstić information content (AvgIpc) is 3.12. The number of nitrogens with one attached hydrogen (secondary N) is 1. The molecule has 1 aromatic carbocycles. The van der Waals surface area contributed by atoms with E-state index in [0.717, 1.165) is 35.7 Å². The van der Waals surface area contributed by atoms with E-state index in [1.54, 1.807) is 0 Å². The van der Waals surface area contributed by atoms with E-state index >= 15 is 0 Å². The molecule has 2 aromatic rings. The molecular weight excluding hydrogens is 224 g/mol. The lowest BCUT2D eigenvalue weighted by Gasteiger charge is -2.07. The van der Waals surface area contributed by atoms with Crippen LogP contribution in [-0.2, 0) is 6.42 Å². The van der Waals surface area contributed by atoms with Crippen LogP contribution in [-0.4, -0.2) is 4.98 Å². The van der Waals surface area contributed by atoms with Crippen LogP contribution in [0, 0.1) is 23.7 Å². The summed E-state index contributed by atoms with van der Waals surface area (Å²) in [6.45, 7) is 1.81. The van der Waals surface area contributed by atoms with Gasteiger partial charge in [-0.05, 0) is 55.3 Å². The van der Waals surface area contributed by atoms with Crippen molar-refractivity contribution in [2.24, 2.45) is 5.41 Å². The summed E-state index contributed by atoms with van der Waals surface area (Å²) in [4.78, 5) is 14.4. The molecule has 1 aliphatic rings. The summed E-state index contributed by atoms with van der Waals surface area (Å²) in [5, 5.41) is 10.2. The number of fused-ring (bicyclic) bond motifs is 1. The number of aryl methyl sites for hydroxylation is 1. The lowest BCUT2D eigenvalue weighted by atomic mass is 9.97. The lowest BCUT2D eigenvalue weighted by molar-refractivity contribution is 0.665. The quantitative estimate of drug-likeness (QED) is 0.874. The van der Waals surface area contributed by atoms with Crippen molar-refractivity contribution >= 4 is 10.9 Å². The lowest BCUT2D eigenvalue weighted by Crippen LogP contribution is -2.08. The number of rotatable bonds is 2. The molecule has 1 fully saturated rings. The summed E-state index contributed by atoms with van der Waals surface area (Å²) in [6.07, 6.45) is 2.83. The van der Waals surface area contributed by atoms with E-state index < -0.39 is 0 Å². The van der Waals surface area contributed by atoms with Gasteiger partial charge in [0.1, 0.15) is 0 Å². The first-order chi connectivity index (χ1) is 8.62. The minimum Gasteiger partial charge on any atom is -0.322 e. The van der Waals surface area contributed by atoms with Crippen LogP contribution in [0.4, 0.5) is 0 Å². The highest BCUT2D eigenvalue weighted by molar-refractivity contribution is 5.79. The van der Waals surface area contributed by atoms with Crippen LogP contribution in [0.3, 0.4) is 0 Å². The van der Waals surface area contributed by atoms with Crippen LogP contribution in [0.15, 0.2) is 29.1 Å². The van der Waals surface area contributed by atoms with Gasteiger partial charge in [-0.25, -0.2) is 0 Å². The molecule has 0 unspecified atom stereocenters. The summed E-state index contributed by atoms with van der Waals surface area (Å²) in [5.74, 6) is 0. The van der Waals surface area contributed by atoms with Gasteiger partial charge in [0.15, 0.2) is 0 Å². The maximum absolute atomic E-state index is 11.5. The summed E-state index contributed by atoms with van der Waals surface area (Å²) < 4.78 is 0. The van der Waals surface area contributed by atoms with Gasteiger partial charge in [-0.3, -0.25) is 4.79 Å². The van der Waals surface area contributed by atoms with Crippen molar-refractivity contribution in [3.8, 4) is 6.07 Å². The van der Waals surface area contributed by atoms with Gasteiger partial charge in [0.25, 0.3) is 5.56 Å². The highest BCUT2D eigenvalue weighted by atomic mass is 16.1. The average molecular weight is 238 g/mol. The molecule has 0 saturated heterocycles. The van der Waals surface area contributed by atoms with Gasteiger partial charge in [-0.15, -0.1) is 0 Å². The minimum absolute atomic E-state index is 0.0362. The number of aromatic nitrogens is 1. The molecule has 0 aliphatic heterocycles. The predicted molar refractivity (Wildman–Crippen MR) is 70.3 cm³/mol. The Morgan fingerprint density at radius 1 is 1.39 bits per heavy atom. The second-order valence-electron chi connectivity index (χ2n) is 5.27. The third-order valence-electron chi connectivity index (χ3n) is 3.73. The molecule has 1 aromatic heterocycles. The number of nitrogens with zero attached hydrogens (tertiary/aromatic N) is 1. The fraction of sp³-hybridized carbons (Fsp3) is 0.333. The highest BCUT2D eigenvalue weighted by Crippen LogP contribution is 2.47. The molecular formula is C15H14N2O. The maximum Gasteiger partial charge on any atom is 0.251 e. The molecule has 3 nitrogen and oxygen atoms in total. The Hall–Kier alpha value is -2.08. The summed E-state index contributed by atoms with van der Waals surface area (Å²) >= 11 is 0. The van der Waals surface area contributed by atoms with Crippen LogP contribution >= 0.6 is 0 Å². The van der Waals surface area contributed by atoms with Crippen LogP contribution in [0.5, 0.6) is 0 Å². The monoisotopic (exact) mass is 238 g/mol. The van der Waals surface area contributed by atoms with Crippen molar-refractivity contribution < 1.29 is 0 Å². The van der Waals surface area contributed by atoms with Gasteiger partial charge in [0, 0.05) is 11.1 Å². The summed E-state index contributed by atoms with van der Waals surface area (Å²) in [5.41, 5.74) is 2.60. The Balaban J connectivity index is 2.04. The van der Waals surface area contributed by atoms with E-state index in [4.69, 9.17) is 5.26 Å². The Labute approximate surface area is 105 Å². The fourth-order valence-corrected chi connectivity index (χ4v) is 2.34. The van der Waals surface area contributed by atoms with Gasteiger partial charge in [-0.1, -0.05) is 6.07 Å². The minimum atomic E-state index is -0.120. The smallest absolute Gasteiger partial charge is 0.251 e. The standard InChI is InChI=1S/C15H14N2O/c1-10-6-12-7-11(8-15(9-16)4-5-15)2-3-13(12)17-14(10)18/h2-3,6-7H,4-5,8H2,1H3,(H,17,18). The molecule has 3 heteroatoms. The van der Waals surface area contributed by atoms with Gasteiger partial charge < -0.3 is 4.98 Å². The highest BCUT2D eigenvalue weighted by Gasteiger charge is 2.42. The molecule has 1 N–H and O–H groups in total. The molecule has 0 bridgehead atoms. The largest absolute Gasteiger partial charge is 0.322 e. The van der Waals surface area contributed by atoms with Gasteiger partial charge >= 0.3 is 0 Å². The predicted octanol–water partition coefficient (Wildman–Crippen LogP) is 2.68. The Morgan fingerprint density at radius 2 is 2.17 bits per heavy atom. The zero-order chi connectivity index (χ0) is 12.8. The Bertz CT molecular complexity index is 717. The Kier molecular flexibility index (Phi) is 2.27. The first kappa shape index (κ1) is 11.0. The normalized spacial score (nSPS) is 16.4. The SMILES string of the molecule is Cc1cc2cc(CC3(C#N)CC3)ccc2[nH]c1=O. The zero-order valence-electron chi connectivity index (χ0n) is 10.3. The van der Waals surface area contributed by atoms with E-state index in [9.17, 15) is 4.79 Å². The van der Waals surface area contributed by atoms with E-state index in [1.165, 1.54) is 5.56 Å². The van der Waals surface area contributed by atoms with Crippen LogP contribution < -0.4 is 5.56 Å². The number of pyridine rings is 1. The first-order valence-electron chi connectivity index (χ1n) is 6.16. The van der Waals surface area contributed by atoms with Crippen molar-refractivity contribution in [2.75, 3.05) is 0 Å². The molecule has 90 valence electrons. The van der Waals surface area contributed by atoms with Gasteiger partial charge in [-0.2, -0.15) is 5.26 Å². The molecule has 0 radical (unpaired) electrons. The second-order valence-corrected chi connectivity index (χ2v) is 5.27. The van der Waals surface area contributed by atoms with E-state index in [0.29, 0.717) is 0 Å². The number of H-pyrrole nitrogens is 1. The van der Waals surface area contributed by atoms with Gasteiger partial charge in [0.2, 0.25) is 0 Å². The molecule has 3 rings (SSSR count). The number of hydrogen-bond donors (Lipinski definition) is 1. The van der Waals surface area contributed by atoms with Crippen LogP contribution in [0.2, 0.25) is 0 Å². The van der Waals surface area contributed by atoms with Gasteiger partial charge in [0.05, 0.1) is 11.5 Å². The summed E-state index contributed by atoms with van der Waals surface area (Å²) in [6, 6.07) is 10.3. The fourth-order valence-electron chi connectivity index (χ4n) is 2.34. The number of benzene rings is 1. The first-order valence-corrected chi connectivity index (χ1v) is 6.16. The molecule has 0 atom stereocenters. The van der Waals surface area contributed by atoms with Crippen LogP contribution in [0.1, 0.15) is 24.0 Å². The number of nitriles is 1. The molecule has 1 saturated carbocycles. The molecule has 0 spiro atoms. The molecule has 18 heavy (non-hydrogen) atoms. The van der Waals surface area contributed by atoms with Crippen molar-refractivity contribution in [2.45, 2.75) is 26.2 Å². The maximum atomic E-state index is 11.5. The number of hydrogen-bond acceptors (Lipinski definition) is 2. The third kappa shape index (κ3) is 1.80. The van der Waals surface area contributed by atoms with Crippen LogP contribution in [0.25, 0.3) is 10.9 Å². The summed E-state index contributed by atoms with van der Waals surface area (Å²) in [7, 11) is 0. The number of aromatic amines is 1. The topological polar surface area (TPSA) is 56.6 Å². The third-order valence-corrected chi connectivity index (χ3v) is 3.73. The van der Waals surface area contributed by atoms with Crippen molar-refractivity contribution in [1.82, 2.24) is 4.98 Å².